The van der Waals surface area contributed by atoms with Gasteiger partial charge >= 0.3 is 5.97 Å². The molecule has 1 aliphatic heterocycles. The Morgan fingerprint density at radius 1 is 1.25 bits per heavy atom. The average Bonchev–Trinajstić information content (AvgIpc) is 2.75. The minimum atomic E-state index is -0.0939. The summed E-state index contributed by atoms with van der Waals surface area (Å²) in [5.41, 5.74) is 1.10. The maximum Gasteiger partial charge on any atom is 0.306 e. The molecule has 0 aromatic rings. The number of hydrogen-bond acceptors (Lipinski definition) is 3. The van der Waals surface area contributed by atoms with Crippen LogP contribution in [0.25, 0.3) is 0 Å². The molecule has 86 valence electrons. The highest BCUT2D eigenvalue weighted by Gasteiger charge is 2.45. The molecule has 0 aromatic heterocycles. The van der Waals surface area contributed by atoms with Crippen molar-refractivity contribution in [3.8, 4) is 0 Å². The number of carbonyl (C=O) groups excluding carboxylic acids is 2. The summed E-state index contributed by atoms with van der Waals surface area (Å²) in [5.74, 6) is 1.30. The summed E-state index contributed by atoms with van der Waals surface area (Å²) in [6, 6.07) is 0. The summed E-state index contributed by atoms with van der Waals surface area (Å²) in [5, 5.41) is 0. The van der Waals surface area contributed by atoms with Gasteiger partial charge in [0.05, 0.1) is 6.42 Å². The molecule has 3 aliphatic rings. The summed E-state index contributed by atoms with van der Waals surface area (Å²) >= 11 is 0. The fourth-order valence-corrected chi connectivity index (χ4v) is 3.39. The van der Waals surface area contributed by atoms with Gasteiger partial charge in [0.25, 0.3) is 0 Å². The van der Waals surface area contributed by atoms with Crippen LogP contribution in [0.1, 0.15) is 32.6 Å². The quantitative estimate of drug-likeness (QED) is 0.585. The van der Waals surface area contributed by atoms with Crippen molar-refractivity contribution < 1.29 is 14.3 Å². The van der Waals surface area contributed by atoms with Gasteiger partial charge in [-0.2, -0.15) is 0 Å². The van der Waals surface area contributed by atoms with Gasteiger partial charge < -0.3 is 4.74 Å². The first-order valence-corrected chi connectivity index (χ1v) is 6.09. The number of ketones is 1. The molecule has 0 aromatic carbocycles. The van der Waals surface area contributed by atoms with Crippen LogP contribution in [-0.4, -0.2) is 17.9 Å². The van der Waals surface area contributed by atoms with Gasteiger partial charge in [0.15, 0.2) is 5.78 Å². The van der Waals surface area contributed by atoms with E-state index in [4.69, 9.17) is 4.74 Å². The highest BCUT2D eigenvalue weighted by atomic mass is 16.5. The molecule has 16 heavy (non-hydrogen) atoms. The predicted molar refractivity (Wildman–Crippen MR) is 57.6 cm³/mol. The maximum absolute atomic E-state index is 11.5. The van der Waals surface area contributed by atoms with Crippen molar-refractivity contribution in [2.24, 2.45) is 17.8 Å². The molecule has 0 radical (unpaired) electrons. The van der Waals surface area contributed by atoms with Gasteiger partial charge in [-0.05, 0) is 36.3 Å². The van der Waals surface area contributed by atoms with Gasteiger partial charge in [-0.25, -0.2) is 0 Å². The van der Waals surface area contributed by atoms with Gasteiger partial charge in [-0.1, -0.05) is 6.92 Å². The van der Waals surface area contributed by atoms with Crippen LogP contribution in [0.2, 0.25) is 0 Å². The zero-order valence-corrected chi connectivity index (χ0v) is 9.44. The van der Waals surface area contributed by atoms with E-state index < -0.39 is 0 Å². The lowest BCUT2D eigenvalue weighted by molar-refractivity contribution is -0.140. The Morgan fingerprint density at radius 2 is 2.06 bits per heavy atom. The molecule has 3 heteroatoms. The zero-order valence-electron chi connectivity index (χ0n) is 9.44. The van der Waals surface area contributed by atoms with Crippen LogP contribution in [-0.2, 0) is 14.3 Å². The lowest BCUT2D eigenvalue weighted by atomic mass is 9.86. The third-order valence-corrected chi connectivity index (χ3v) is 4.30. The Hall–Kier alpha value is -1.12. The highest BCUT2D eigenvalue weighted by Crippen LogP contribution is 2.45. The summed E-state index contributed by atoms with van der Waals surface area (Å²) in [7, 11) is 0. The Morgan fingerprint density at radius 3 is 2.88 bits per heavy atom. The van der Waals surface area contributed by atoms with E-state index in [1.54, 1.807) is 6.08 Å². The number of rotatable bonds is 0. The average molecular weight is 220 g/mol. The first-order chi connectivity index (χ1) is 7.65. The van der Waals surface area contributed by atoms with Crippen molar-refractivity contribution in [2.45, 2.75) is 38.7 Å². The molecule has 0 unspecified atom stereocenters. The van der Waals surface area contributed by atoms with E-state index >= 15 is 0 Å². The summed E-state index contributed by atoms with van der Waals surface area (Å²) < 4.78 is 5.40. The standard InChI is InChI=1S/C13H16O3/c1-7-2-3-8-4-12(15)16-13(8)11-6-9(14)5-10(7)11/h6-8,10,13H,2-5H2,1H3/t7-,8-,10-,13-/m0/s1. The summed E-state index contributed by atoms with van der Waals surface area (Å²) in [6.45, 7) is 2.21. The number of ether oxygens (including phenoxy) is 1. The van der Waals surface area contributed by atoms with Crippen molar-refractivity contribution in [3.63, 3.8) is 0 Å². The van der Waals surface area contributed by atoms with Crippen molar-refractivity contribution in [2.75, 3.05) is 0 Å². The van der Waals surface area contributed by atoms with E-state index in [1.807, 2.05) is 0 Å². The molecule has 0 amide bonds. The Kier molecular flexibility index (Phi) is 2.16. The molecule has 1 saturated carbocycles. The molecule has 2 aliphatic carbocycles. The molecule has 1 saturated heterocycles. The molecular formula is C13H16O3. The monoisotopic (exact) mass is 220 g/mol. The van der Waals surface area contributed by atoms with Gasteiger partial charge in [0, 0.05) is 12.3 Å². The van der Waals surface area contributed by atoms with Crippen molar-refractivity contribution >= 4 is 11.8 Å². The van der Waals surface area contributed by atoms with Gasteiger partial charge in [0.1, 0.15) is 6.10 Å². The summed E-state index contributed by atoms with van der Waals surface area (Å²) in [4.78, 5) is 22.9. The normalized spacial score (nSPS) is 42.2. The molecule has 0 N–H and O–H groups in total. The molecule has 4 atom stereocenters. The van der Waals surface area contributed by atoms with Crippen LogP contribution in [0, 0.1) is 17.8 Å². The van der Waals surface area contributed by atoms with E-state index in [9.17, 15) is 9.59 Å². The van der Waals surface area contributed by atoms with Crippen LogP contribution in [0.5, 0.6) is 0 Å². The molecule has 0 spiro atoms. The second-order valence-electron chi connectivity index (χ2n) is 5.35. The predicted octanol–water partition coefficient (Wildman–Crippen LogP) is 1.86. The maximum atomic E-state index is 11.5. The van der Waals surface area contributed by atoms with E-state index in [1.165, 1.54) is 0 Å². The van der Waals surface area contributed by atoms with Gasteiger partial charge in [-0.15, -0.1) is 0 Å². The SMILES string of the molecule is C[C@H]1CC[C@H]2CC(=O)O[C@@H]2C2=CC(=O)C[C@H]21. The molecule has 0 bridgehead atoms. The molecule has 3 rings (SSSR count). The van der Waals surface area contributed by atoms with Crippen molar-refractivity contribution in [3.05, 3.63) is 11.6 Å². The first-order valence-electron chi connectivity index (χ1n) is 6.09. The molecule has 2 fully saturated rings. The molecule has 3 nitrogen and oxygen atoms in total. The zero-order chi connectivity index (χ0) is 11.3. The third kappa shape index (κ3) is 1.41. The largest absolute Gasteiger partial charge is 0.457 e. The van der Waals surface area contributed by atoms with Gasteiger partial charge in [-0.3, -0.25) is 9.59 Å². The highest BCUT2D eigenvalue weighted by molar-refractivity contribution is 5.94. The second-order valence-corrected chi connectivity index (χ2v) is 5.35. The topological polar surface area (TPSA) is 43.4 Å². The minimum Gasteiger partial charge on any atom is -0.457 e. The Labute approximate surface area is 94.8 Å². The second kappa shape index (κ2) is 3.44. The van der Waals surface area contributed by atoms with Crippen molar-refractivity contribution in [1.29, 1.82) is 0 Å². The lowest BCUT2D eigenvalue weighted by Crippen LogP contribution is -2.21. The van der Waals surface area contributed by atoms with E-state index in [-0.39, 0.29) is 17.9 Å². The summed E-state index contributed by atoms with van der Waals surface area (Å²) in [6.07, 6.45) is 4.97. The number of hydrogen-bond donors (Lipinski definition) is 0. The van der Waals surface area contributed by atoms with E-state index in [0.717, 1.165) is 18.4 Å². The lowest BCUT2D eigenvalue weighted by Gasteiger charge is -2.21. The number of allylic oxidation sites excluding steroid dienone is 1. The Bertz CT molecular complexity index is 383. The van der Waals surface area contributed by atoms with Crippen LogP contribution in [0.15, 0.2) is 11.6 Å². The number of fused-ring (bicyclic) bond motifs is 3. The minimum absolute atomic E-state index is 0.0890. The van der Waals surface area contributed by atoms with Crippen LogP contribution < -0.4 is 0 Å². The van der Waals surface area contributed by atoms with E-state index in [2.05, 4.69) is 6.92 Å². The van der Waals surface area contributed by atoms with Crippen molar-refractivity contribution in [1.82, 2.24) is 0 Å². The third-order valence-electron chi connectivity index (χ3n) is 4.30. The van der Waals surface area contributed by atoms with Crippen LogP contribution >= 0.6 is 0 Å². The van der Waals surface area contributed by atoms with E-state index in [0.29, 0.717) is 30.6 Å². The Balaban J connectivity index is 1.96. The van der Waals surface area contributed by atoms with Crippen LogP contribution in [0.4, 0.5) is 0 Å². The number of carbonyl (C=O) groups is 2. The smallest absolute Gasteiger partial charge is 0.306 e. The van der Waals surface area contributed by atoms with Crippen LogP contribution in [0.3, 0.4) is 0 Å². The molecule has 1 heterocycles. The number of esters is 1. The van der Waals surface area contributed by atoms with Gasteiger partial charge in [0.2, 0.25) is 0 Å². The fraction of sp³-hybridized carbons (Fsp3) is 0.692. The fourth-order valence-electron chi connectivity index (χ4n) is 3.39. The first kappa shape index (κ1) is 10.1. The molecular weight excluding hydrogens is 204 g/mol.